The molecular formula is C15H13NO4S. The fourth-order valence-electron chi connectivity index (χ4n) is 1.84. The van der Waals surface area contributed by atoms with Gasteiger partial charge in [-0.1, -0.05) is 42.1 Å². The van der Waals surface area contributed by atoms with Gasteiger partial charge in [-0.3, -0.25) is 4.79 Å². The van der Waals surface area contributed by atoms with Crippen molar-refractivity contribution < 1.29 is 19.8 Å². The molecule has 5 nitrogen and oxygen atoms in total. The highest BCUT2D eigenvalue weighted by Crippen LogP contribution is 2.38. The molecule has 0 aliphatic heterocycles. The van der Waals surface area contributed by atoms with Crippen LogP contribution in [0.3, 0.4) is 0 Å². The molecule has 2 rings (SSSR count). The molecule has 1 heterocycles. The Morgan fingerprint density at radius 3 is 2.43 bits per heavy atom. The molecular weight excluding hydrogens is 290 g/mol. The number of thioether (sulfide) groups is 1. The maximum absolute atomic E-state index is 11.2. The second kappa shape index (κ2) is 6.90. The lowest BCUT2D eigenvalue weighted by molar-refractivity contribution is -0.137. The van der Waals surface area contributed by atoms with Crippen LogP contribution in [0.1, 0.15) is 27.6 Å². The average molecular weight is 303 g/mol. The molecule has 0 amide bonds. The molecule has 1 atom stereocenters. The molecule has 2 aromatic rings. The maximum Gasteiger partial charge on any atom is 0.338 e. The molecule has 0 fully saturated rings. The first-order valence-corrected chi connectivity index (χ1v) is 7.07. The molecule has 0 bridgehead atoms. The summed E-state index contributed by atoms with van der Waals surface area (Å²) < 4.78 is 0. The number of benzene rings is 1. The summed E-state index contributed by atoms with van der Waals surface area (Å²) in [6, 6.07) is 12.1. The van der Waals surface area contributed by atoms with E-state index in [1.165, 1.54) is 12.3 Å². The Morgan fingerprint density at radius 1 is 1.10 bits per heavy atom. The van der Waals surface area contributed by atoms with Gasteiger partial charge >= 0.3 is 11.9 Å². The third-order valence-corrected chi connectivity index (χ3v) is 4.06. The normalized spacial score (nSPS) is 11.8. The summed E-state index contributed by atoms with van der Waals surface area (Å²) in [6.07, 6.45) is 1.39. The Hall–Kier alpha value is -2.34. The fourth-order valence-corrected chi connectivity index (χ4v) is 3.03. The van der Waals surface area contributed by atoms with E-state index in [2.05, 4.69) is 4.98 Å². The zero-order chi connectivity index (χ0) is 15.2. The monoisotopic (exact) mass is 303 g/mol. The van der Waals surface area contributed by atoms with Crippen LogP contribution in [0.5, 0.6) is 0 Å². The zero-order valence-corrected chi connectivity index (χ0v) is 11.8. The number of rotatable bonds is 6. The van der Waals surface area contributed by atoms with Gasteiger partial charge in [0.25, 0.3) is 0 Å². The number of aliphatic carboxylic acids is 1. The van der Waals surface area contributed by atoms with Gasteiger partial charge in [0.1, 0.15) is 5.03 Å². The Labute approximate surface area is 125 Å². The highest BCUT2D eigenvalue weighted by Gasteiger charge is 2.21. The van der Waals surface area contributed by atoms with Crippen LogP contribution < -0.4 is 0 Å². The van der Waals surface area contributed by atoms with E-state index in [1.807, 2.05) is 30.3 Å². The number of aromatic carboxylic acids is 1. The molecule has 0 saturated heterocycles. The smallest absolute Gasteiger partial charge is 0.338 e. The summed E-state index contributed by atoms with van der Waals surface area (Å²) in [5.41, 5.74) is 0.903. The highest BCUT2D eigenvalue weighted by molar-refractivity contribution is 7.99. The molecule has 0 spiro atoms. The van der Waals surface area contributed by atoms with Crippen molar-refractivity contribution in [2.75, 3.05) is 0 Å². The molecule has 0 aliphatic rings. The predicted molar refractivity (Wildman–Crippen MR) is 78.5 cm³/mol. The summed E-state index contributed by atoms with van der Waals surface area (Å²) in [4.78, 5) is 26.3. The number of carboxylic acid groups (broad SMARTS) is 2. The van der Waals surface area contributed by atoms with Crippen molar-refractivity contribution in [3.8, 4) is 0 Å². The lowest BCUT2D eigenvalue weighted by Crippen LogP contribution is -2.06. The van der Waals surface area contributed by atoms with Crippen molar-refractivity contribution in [3.05, 3.63) is 59.8 Å². The quantitative estimate of drug-likeness (QED) is 0.797. The Morgan fingerprint density at radius 2 is 1.81 bits per heavy atom. The van der Waals surface area contributed by atoms with Crippen LogP contribution in [0.15, 0.2) is 53.7 Å². The van der Waals surface area contributed by atoms with Crippen molar-refractivity contribution in [1.82, 2.24) is 4.98 Å². The number of hydrogen-bond donors (Lipinski definition) is 2. The summed E-state index contributed by atoms with van der Waals surface area (Å²) >= 11 is 1.15. The SMILES string of the molecule is O=C(O)CC(Sc1ncccc1C(=O)O)c1ccccc1. The molecule has 1 aromatic heterocycles. The molecule has 0 saturated carbocycles. The molecule has 2 N–H and O–H groups in total. The Kier molecular flexibility index (Phi) is 4.94. The lowest BCUT2D eigenvalue weighted by Gasteiger charge is -2.15. The number of pyridine rings is 1. The summed E-state index contributed by atoms with van der Waals surface area (Å²) in [7, 11) is 0. The number of hydrogen-bond acceptors (Lipinski definition) is 4. The van der Waals surface area contributed by atoms with Gasteiger partial charge in [0.2, 0.25) is 0 Å². The Bertz CT molecular complexity index is 645. The third kappa shape index (κ3) is 4.06. The van der Waals surface area contributed by atoms with Gasteiger partial charge in [-0.25, -0.2) is 9.78 Å². The fraction of sp³-hybridized carbons (Fsp3) is 0.133. The number of nitrogens with zero attached hydrogens (tertiary/aromatic N) is 1. The van der Waals surface area contributed by atoms with E-state index >= 15 is 0 Å². The lowest BCUT2D eigenvalue weighted by atomic mass is 10.1. The first-order valence-electron chi connectivity index (χ1n) is 6.19. The van der Waals surface area contributed by atoms with Gasteiger partial charge in [0, 0.05) is 11.4 Å². The third-order valence-electron chi connectivity index (χ3n) is 2.79. The van der Waals surface area contributed by atoms with E-state index in [0.29, 0.717) is 5.03 Å². The zero-order valence-electron chi connectivity index (χ0n) is 11.0. The molecule has 108 valence electrons. The van der Waals surface area contributed by atoms with Crippen LogP contribution in [0.4, 0.5) is 0 Å². The van der Waals surface area contributed by atoms with Gasteiger partial charge in [-0.05, 0) is 17.7 Å². The second-order valence-corrected chi connectivity index (χ2v) is 5.47. The van der Waals surface area contributed by atoms with Crippen LogP contribution in [0.2, 0.25) is 0 Å². The van der Waals surface area contributed by atoms with Crippen LogP contribution >= 0.6 is 11.8 Å². The number of carbonyl (C=O) groups is 2. The predicted octanol–water partition coefficient (Wildman–Crippen LogP) is 3.09. The summed E-state index contributed by atoms with van der Waals surface area (Å²) in [5.74, 6) is -2.02. The first kappa shape index (κ1) is 15.1. The highest BCUT2D eigenvalue weighted by atomic mass is 32.2. The average Bonchev–Trinajstić information content (AvgIpc) is 2.47. The standard InChI is InChI=1S/C15H13NO4S/c17-13(18)9-12(10-5-2-1-3-6-10)21-14-11(15(19)20)7-4-8-16-14/h1-8,12H,9H2,(H,17,18)(H,19,20). The van der Waals surface area contributed by atoms with Gasteiger partial charge in [0.15, 0.2) is 0 Å². The maximum atomic E-state index is 11.2. The van der Waals surface area contributed by atoms with Crippen LogP contribution in [-0.4, -0.2) is 27.1 Å². The van der Waals surface area contributed by atoms with E-state index in [-0.39, 0.29) is 12.0 Å². The van der Waals surface area contributed by atoms with Crippen molar-refractivity contribution >= 4 is 23.7 Å². The molecule has 0 radical (unpaired) electrons. The van der Waals surface area contributed by atoms with E-state index in [0.717, 1.165) is 17.3 Å². The molecule has 1 unspecified atom stereocenters. The van der Waals surface area contributed by atoms with Gasteiger partial charge < -0.3 is 10.2 Å². The van der Waals surface area contributed by atoms with Crippen molar-refractivity contribution in [1.29, 1.82) is 0 Å². The van der Waals surface area contributed by atoms with Gasteiger partial charge in [0.05, 0.1) is 12.0 Å². The minimum atomic E-state index is -1.08. The molecule has 21 heavy (non-hydrogen) atoms. The largest absolute Gasteiger partial charge is 0.481 e. The summed E-state index contributed by atoms with van der Waals surface area (Å²) in [6.45, 7) is 0. The van der Waals surface area contributed by atoms with E-state index < -0.39 is 17.2 Å². The molecule has 1 aromatic carbocycles. The van der Waals surface area contributed by atoms with Crippen LogP contribution in [0, 0.1) is 0 Å². The van der Waals surface area contributed by atoms with Crippen molar-refractivity contribution in [2.24, 2.45) is 0 Å². The van der Waals surface area contributed by atoms with E-state index in [4.69, 9.17) is 10.2 Å². The van der Waals surface area contributed by atoms with Gasteiger partial charge in [-0.15, -0.1) is 0 Å². The van der Waals surface area contributed by atoms with E-state index in [1.54, 1.807) is 6.07 Å². The summed E-state index contributed by atoms with van der Waals surface area (Å²) in [5, 5.41) is 18.1. The van der Waals surface area contributed by atoms with E-state index in [9.17, 15) is 9.59 Å². The van der Waals surface area contributed by atoms with Crippen LogP contribution in [-0.2, 0) is 4.79 Å². The Balaban J connectivity index is 2.32. The van der Waals surface area contributed by atoms with Crippen molar-refractivity contribution in [3.63, 3.8) is 0 Å². The molecule has 6 heteroatoms. The molecule has 0 aliphatic carbocycles. The van der Waals surface area contributed by atoms with Gasteiger partial charge in [-0.2, -0.15) is 0 Å². The first-order chi connectivity index (χ1) is 10.1. The van der Waals surface area contributed by atoms with Crippen LogP contribution in [0.25, 0.3) is 0 Å². The minimum Gasteiger partial charge on any atom is -0.481 e. The number of aromatic nitrogens is 1. The topological polar surface area (TPSA) is 87.5 Å². The second-order valence-electron chi connectivity index (χ2n) is 4.28. The minimum absolute atomic E-state index is 0.0776. The van der Waals surface area contributed by atoms with Crippen molar-refractivity contribution in [2.45, 2.75) is 16.7 Å². The number of carboxylic acids is 2.